The highest BCUT2D eigenvalue weighted by Crippen LogP contribution is 2.26. The first-order valence-electron chi connectivity index (χ1n) is 6.87. The molecular weight excluding hydrogens is 288 g/mol. The average Bonchev–Trinajstić information content (AvgIpc) is 3.05. The summed E-state index contributed by atoms with van der Waals surface area (Å²) < 4.78 is 17.6. The molecule has 1 aromatic heterocycles. The fraction of sp³-hybridized carbons (Fsp3) is 0.312. The molecule has 1 atom stereocenters. The summed E-state index contributed by atoms with van der Waals surface area (Å²) in [6.45, 7) is 1.70. The zero-order valence-electron chi connectivity index (χ0n) is 11.7. The lowest BCUT2D eigenvalue weighted by molar-refractivity contribution is 0.0661. The Balaban J connectivity index is 1.82. The van der Waals surface area contributed by atoms with Crippen molar-refractivity contribution >= 4 is 16.8 Å². The molecule has 21 heavy (non-hydrogen) atoms. The van der Waals surface area contributed by atoms with E-state index >= 15 is 0 Å². The van der Waals surface area contributed by atoms with Crippen LogP contribution in [0.5, 0.6) is 0 Å². The van der Waals surface area contributed by atoms with Crippen LogP contribution in [0, 0.1) is 6.92 Å². The zero-order valence-corrected chi connectivity index (χ0v) is 12.5. The second kappa shape index (κ2) is 5.48. The van der Waals surface area contributed by atoms with Crippen molar-refractivity contribution in [2.45, 2.75) is 36.8 Å². The first-order valence-corrected chi connectivity index (χ1v) is 8.19. The molecule has 1 unspecified atom stereocenters. The van der Waals surface area contributed by atoms with Gasteiger partial charge in [-0.05, 0) is 55.5 Å². The van der Waals surface area contributed by atoms with Gasteiger partial charge in [-0.2, -0.15) is 0 Å². The van der Waals surface area contributed by atoms with Crippen LogP contribution < -0.4 is 0 Å². The minimum Gasteiger partial charge on any atom is -0.475 e. The van der Waals surface area contributed by atoms with Crippen molar-refractivity contribution in [1.29, 1.82) is 0 Å². The number of hydrogen-bond acceptors (Lipinski definition) is 3. The largest absolute Gasteiger partial charge is 0.475 e. The Labute approximate surface area is 125 Å². The lowest BCUT2D eigenvalue weighted by Crippen LogP contribution is -1.98. The number of fused-ring (bicyclic) bond motifs is 1. The molecular formula is C16H16O4S. The molecule has 3 rings (SSSR count). The van der Waals surface area contributed by atoms with Gasteiger partial charge in [0, 0.05) is 10.5 Å². The first-order chi connectivity index (χ1) is 10.0. The zero-order chi connectivity index (χ0) is 15.0. The number of carboxylic acids is 1. The predicted molar refractivity (Wildman–Crippen MR) is 79.0 cm³/mol. The molecule has 1 aromatic carbocycles. The number of aromatic carboxylic acids is 1. The fourth-order valence-electron chi connectivity index (χ4n) is 2.68. The molecule has 4 nitrogen and oxygen atoms in total. The second-order valence-electron chi connectivity index (χ2n) is 5.27. The minimum absolute atomic E-state index is 0.103. The Bertz CT molecular complexity index is 730. The monoisotopic (exact) mass is 304 g/mol. The van der Waals surface area contributed by atoms with E-state index in [0.29, 0.717) is 11.3 Å². The molecule has 0 spiro atoms. The molecule has 0 amide bonds. The Kier molecular flexibility index (Phi) is 3.68. The number of aryl methyl sites for hydroxylation is 3. The van der Waals surface area contributed by atoms with Gasteiger partial charge in [-0.1, -0.05) is 6.07 Å². The maximum Gasteiger partial charge on any atom is 0.371 e. The third kappa shape index (κ3) is 2.78. The summed E-state index contributed by atoms with van der Waals surface area (Å²) >= 11 is 0. The van der Waals surface area contributed by atoms with Crippen LogP contribution in [0.4, 0.5) is 0 Å². The van der Waals surface area contributed by atoms with Gasteiger partial charge >= 0.3 is 5.97 Å². The third-order valence-electron chi connectivity index (χ3n) is 3.85. The summed E-state index contributed by atoms with van der Waals surface area (Å²) in [5.41, 5.74) is 3.32. The molecule has 110 valence electrons. The highest BCUT2D eigenvalue weighted by Gasteiger charge is 2.17. The Morgan fingerprint density at radius 1 is 1.29 bits per heavy atom. The SMILES string of the molecule is Cc1oc(C(=O)O)cc1CS(=O)c1ccc2c(c1)CCC2. The van der Waals surface area contributed by atoms with E-state index in [1.54, 1.807) is 6.92 Å². The van der Waals surface area contributed by atoms with Crippen molar-refractivity contribution < 1.29 is 18.5 Å². The summed E-state index contributed by atoms with van der Waals surface area (Å²) in [6, 6.07) is 7.45. The van der Waals surface area contributed by atoms with Gasteiger partial charge in [0.15, 0.2) is 0 Å². The van der Waals surface area contributed by atoms with Gasteiger partial charge in [-0.15, -0.1) is 0 Å². The van der Waals surface area contributed by atoms with E-state index in [2.05, 4.69) is 6.07 Å². The van der Waals surface area contributed by atoms with E-state index in [9.17, 15) is 9.00 Å². The molecule has 5 heteroatoms. The molecule has 0 saturated carbocycles. The summed E-state index contributed by atoms with van der Waals surface area (Å²) in [6.07, 6.45) is 3.31. The maximum absolute atomic E-state index is 12.5. The summed E-state index contributed by atoms with van der Waals surface area (Å²) in [7, 11) is -1.19. The van der Waals surface area contributed by atoms with Gasteiger partial charge in [0.05, 0.1) is 16.6 Å². The highest BCUT2D eigenvalue weighted by atomic mass is 32.2. The molecule has 1 heterocycles. The molecule has 1 aliphatic rings. The van der Waals surface area contributed by atoms with Crippen LogP contribution >= 0.6 is 0 Å². The van der Waals surface area contributed by atoms with E-state index in [4.69, 9.17) is 9.52 Å². The topological polar surface area (TPSA) is 67.5 Å². The smallest absolute Gasteiger partial charge is 0.371 e. The molecule has 0 bridgehead atoms. The minimum atomic E-state index is -1.19. The first kappa shape index (κ1) is 14.1. The lowest BCUT2D eigenvalue weighted by atomic mass is 10.1. The van der Waals surface area contributed by atoms with Crippen LogP contribution in [0.25, 0.3) is 0 Å². The summed E-state index contributed by atoms with van der Waals surface area (Å²) in [5.74, 6) is -0.412. The number of carboxylic acid groups (broad SMARTS) is 1. The van der Waals surface area contributed by atoms with E-state index in [-0.39, 0.29) is 11.5 Å². The van der Waals surface area contributed by atoms with Crippen LogP contribution in [0.3, 0.4) is 0 Å². The fourth-order valence-corrected chi connectivity index (χ4v) is 3.91. The average molecular weight is 304 g/mol. The number of hydrogen-bond donors (Lipinski definition) is 1. The molecule has 1 aliphatic carbocycles. The van der Waals surface area contributed by atoms with E-state index in [1.165, 1.54) is 17.2 Å². The molecule has 0 saturated heterocycles. The Hall–Kier alpha value is -1.88. The standard InChI is InChI=1S/C16H16O4S/c1-10-13(8-15(20-10)16(17)18)9-21(19)14-6-5-11-3-2-4-12(11)7-14/h5-8H,2-4,9H2,1H3,(H,17,18). The number of rotatable bonds is 4. The van der Waals surface area contributed by atoms with E-state index in [1.807, 2.05) is 12.1 Å². The van der Waals surface area contributed by atoms with Crippen LogP contribution in [0.15, 0.2) is 33.6 Å². The van der Waals surface area contributed by atoms with E-state index < -0.39 is 16.8 Å². The van der Waals surface area contributed by atoms with Crippen LogP contribution in [0.2, 0.25) is 0 Å². The Morgan fingerprint density at radius 3 is 2.76 bits per heavy atom. The molecule has 0 aliphatic heterocycles. The van der Waals surface area contributed by atoms with Crippen molar-refractivity contribution in [3.05, 3.63) is 52.5 Å². The van der Waals surface area contributed by atoms with E-state index in [0.717, 1.165) is 24.2 Å². The molecule has 0 fully saturated rings. The van der Waals surface area contributed by atoms with Crippen LogP contribution in [-0.4, -0.2) is 15.3 Å². The molecule has 1 N–H and O–H groups in total. The van der Waals surface area contributed by atoms with Crippen LogP contribution in [-0.2, 0) is 29.4 Å². The van der Waals surface area contributed by atoms with Gasteiger partial charge in [0.25, 0.3) is 0 Å². The van der Waals surface area contributed by atoms with Crippen molar-refractivity contribution in [3.8, 4) is 0 Å². The quantitative estimate of drug-likeness (QED) is 0.942. The van der Waals surface area contributed by atoms with Crippen molar-refractivity contribution in [2.24, 2.45) is 0 Å². The summed E-state index contributed by atoms with van der Waals surface area (Å²) in [4.78, 5) is 11.7. The van der Waals surface area contributed by atoms with Gasteiger partial charge in [0.1, 0.15) is 5.76 Å². The highest BCUT2D eigenvalue weighted by molar-refractivity contribution is 7.84. The summed E-state index contributed by atoms with van der Waals surface area (Å²) in [5, 5.41) is 8.91. The van der Waals surface area contributed by atoms with Gasteiger partial charge in [0.2, 0.25) is 5.76 Å². The molecule has 2 aromatic rings. The Morgan fingerprint density at radius 2 is 2.05 bits per heavy atom. The number of benzene rings is 1. The van der Waals surface area contributed by atoms with Crippen molar-refractivity contribution in [1.82, 2.24) is 0 Å². The van der Waals surface area contributed by atoms with Crippen LogP contribution in [0.1, 0.15) is 39.4 Å². The number of furan rings is 1. The van der Waals surface area contributed by atoms with Crippen molar-refractivity contribution in [2.75, 3.05) is 0 Å². The molecule has 0 radical (unpaired) electrons. The van der Waals surface area contributed by atoms with Gasteiger partial charge in [-0.25, -0.2) is 4.79 Å². The van der Waals surface area contributed by atoms with Gasteiger partial charge in [-0.3, -0.25) is 4.21 Å². The van der Waals surface area contributed by atoms with Gasteiger partial charge < -0.3 is 9.52 Å². The lowest BCUT2D eigenvalue weighted by Gasteiger charge is -2.05. The number of carbonyl (C=O) groups is 1. The normalized spacial score (nSPS) is 14.9. The second-order valence-corrected chi connectivity index (χ2v) is 6.72. The third-order valence-corrected chi connectivity index (χ3v) is 5.20. The predicted octanol–water partition coefficient (Wildman–Crippen LogP) is 3.08. The maximum atomic E-state index is 12.5. The van der Waals surface area contributed by atoms with Crippen molar-refractivity contribution in [3.63, 3.8) is 0 Å².